The van der Waals surface area contributed by atoms with Crippen molar-refractivity contribution in [2.45, 2.75) is 13.5 Å². The van der Waals surface area contributed by atoms with Crippen LogP contribution in [0.4, 0.5) is 5.13 Å². The van der Waals surface area contributed by atoms with Crippen LogP contribution in [-0.2, 0) is 6.54 Å². The maximum Gasteiger partial charge on any atom is 0.296 e. The molecule has 0 radical (unpaired) electrons. The van der Waals surface area contributed by atoms with Gasteiger partial charge in [0.2, 0.25) is 0 Å². The lowest BCUT2D eigenvalue weighted by molar-refractivity contribution is 0.0959. The molecular weight excluding hydrogens is 444 g/mol. The average Bonchev–Trinajstić information content (AvgIpc) is 3.25. The molecule has 5 nitrogen and oxygen atoms in total. The van der Waals surface area contributed by atoms with Gasteiger partial charge in [0.05, 0.1) is 22.1 Å². The highest BCUT2D eigenvalue weighted by atomic mass is 35.5. The molecule has 3 aromatic carbocycles. The smallest absolute Gasteiger partial charge is 0.296 e. The normalized spacial score (nSPS) is 11.2. The van der Waals surface area contributed by atoms with Gasteiger partial charge >= 0.3 is 0 Å². The Kier molecular flexibility index (Phi) is 5.25. The van der Waals surface area contributed by atoms with Crippen LogP contribution in [0.25, 0.3) is 21.2 Å². The molecule has 5 rings (SSSR count). The van der Waals surface area contributed by atoms with Gasteiger partial charge in [-0.25, -0.2) is 4.98 Å². The van der Waals surface area contributed by atoms with E-state index in [1.807, 2.05) is 49.4 Å². The van der Waals surface area contributed by atoms with Gasteiger partial charge in [-0.05, 0) is 42.3 Å². The molecule has 5 aromatic rings. The number of hydrogen-bond acceptors (Lipinski definition) is 5. The molecule has 0 atom stereocenters. The minimum absolute atomic E-state index is 0.0290. The number of carbonyl (C=O) groups is 1. The number of nitrogens with zero attached hydrogens (tertiary/aromatic N) is 2. The summed E-state index contributed by atoms with van der Waals surface area (Å²) in [6.45, 7) is 2.18. The second kappa shape index (κ2) is 8.22. The summed E-state index contributed by atoms with van der Waals surface area (Å²) in [5, 5.41) is 1.56. The molecule has 0 saturated carbocycles. The van der Waals surface area contributed by atoms with E-state index >= 15 is 0 Å². The number of anilines is 1. The lowest BCUT2D eigenvalue weighted by atomic mass is 10.2. The van der Waals surface area contributed by atoms with Gasteiger partial charge in [0.1, 0.15) is 5.58 Å². The Morgan fingerprint density at radius 3 is 2.62 bits per heavy atom. The van der Waals surface area contributed by atoms with Crippen LogP contribution in [0.15, 0.2) is 82.0 Å². The largest absolute Gasteiger partial charge is 0.451 e. The van der Waals surface area contributed by atoms with Crippen molar-refractivity contribution in [3.05, 3.63) is 105 Å². The topological polar surface area (TPSA) is 63.4 Å². The van der Waals surface area contributed by atoms with E-state index in [4.69, 9.17) is 21.0 Å². The van der Waals surface area contributed by atoms with E-state index in [-0.39, 0.29) is 17.7 Å². The molecule has 32 heavy (non-hydrogen) atoms. The summed E-state index contributed by atoms with van der Waals surface area (Å²) in [6, 6.07) is 21.5. The molecule has 0 fully saturated rings. The monoisotopic (exact) mass is 460 g/mol. The molecule has 2 heterocycles. The third-order valence-electron chi connectivity index (χ3n) is 5.24. The maximum atomic E-state index is 13.6. The minimum atomic E-state index is -0.431. The van der Waals surface area contributed by atoms with Gasteiger partial charge in [-0.2, -0.15) is 0 Å². The summed E-state index contributed by atoms with van der Waals surface area (Å²) in [6.07, 6.45) is 0. The number of amides is 1. The molecule has 158 valence electrons. The molecule has 0 N–H and O–H groups in total. The van der Waals surface area contributed by atoms with Gasteiger partial charge in [-0.3, -0.25) is 14.5 Å². The van der Waals surface area contributed by atoms with Crippen molar-refractivity contribution in [2.75, 3.05) is 4.90 Å². The number of para-hydroxylation sites is 1. The first kappa shape index (κ1) is 20.4. The number of fused-ring (bicyclic) bond motifs is 2. The van der Waals surface area contributed by atoms with Crippen molar-refractivity contribution in [3.8, 4) is 0 Å². The fourth-order valence-electron chi connectivity index (χ4n) is 3.54. The van der Waals surface area contributed by atoms with Crippen LogP contribution in [0.2, 0.25) is 5.02 Å². The fourth-order valence-corrected chi connectivity index (χ4v) is 4.71. The molecule has 0 aliphatic heterocycles. The van der Waals surface area contributed by atoms with Crippen molar-refractivity contribution in [1.82, 2.24) is 4.98 Å². The Labute approximate surface area is 192 Å². The third kappa shape index (κ3) is 3.68. The van der Waals surface area contributed by atoms with E-state index in [0.29, 0.717) is 21.1 Å². The molecule has 0 unspecified atom stereocenters. The predicted molar refractivity (Wildman–Crippen MR) is 129 cm³/mol. The van der Waals surface area contributed by atoms with Gasteiger partial charge in [0, 0.05) is 11.1 Å². The summed E-state index contributed by atoms with van der Waals surface area (Å²) in [7, 11) is 0. The van der Waals surface area contributed by atoms with E-state index in [2.05, 4.69) is 0 Å². The lowest BCUT2D eigenvalue weighted by Gasteiger charge is -2.19. The zero-order valence-corrected chi connectivity index (χ0v) is 18.6. The maximum absolute atomic E-state index is 13.6. The highest BCUT2D eigenvalue weighted by Gasteiger charge is 2.25. The lowest BCUT2D eigenvalue weighted by Crippen LogP contribution is -2.31. The number of carbonyl (C=O) groups excluding carboxylic acids is 1. The van der Waals surface area contributed by atoms with E-state index in [1.54, 1.807) is 29.2 Å². The van der Waals surface area contributed by atoms with E-state index in [0.717, 1.165) is 21.3 Å². The molecule has 0 saturated heterocycles. The third-order valence-corrected chi connectivity index (χ3v) is 6.69. The van der Waals surface area contributed by atoms with Gasteiger partial charge in [0.15, 0.2) is 16.3 Å². The van der Waals surface area contributed by atoms with Crippen molar-refractivity contribution in [1.29, 1.82) is 0 Å². The number of aromatic nitrogens is 1. The second-order valence-electron chi connectivity index (χ2n) is 7.36. The van der Waals surface area contributed by atoms with Gasteiger partial charge < -0.3 is 4.42 Å². The molecule has 0 aliphatic rings. The Balaban J connectivity index is 1.64. The van der Waals surface area contributed by atoms with Crippen LogP contribution in [0.3, 0.4) is 0 Å². The molecule has 0 spiro atoms. The first-order valence-electron chi connectivity index (χ1n) is 9.95. The zero-order valence-electron chi connectivity index (χ0n) is 17.0. The Morgan fingerprint density at radius 2 is 1.81 bits per heavy atom. The van der Waals surface area contributed by atoms with E-state index < -0.39 is 5.91 Å². The van der Waals surface area contributed by atoms with Crippen LogP contribution in [0.5, 0.6) is 0 Å². The highest BCUT2D eigenvalue weighted by Crippen LogP contribution is 2.34. The van der Waals surface area contributed by atoms with Gasteiger partial charge in [0.25, 0.3) is 5.91 Å². The molecular formula is C25H17ClN2O3S. The molecule has 2 aromatic heterocycles. The SMILES string of the molecule is Cc1c(Cl)ccc2sc(N(Cc3ccccc3)C(=O)c3cc(=O)c4ccccc4o3)nc12. The van der Waals surface area contributed by atoms with Crippen LogP contribution >= 0.6 is 22.9 Å². The fraction of sp³-hybridized carbons (Fsp3) is 0.0800. The first-order chi connectivity index (χ1) is 15.5. The second-order valence-corrected chi connectivity index (χ2v) is 8.78. The Bertz CT molecular complexity index is 1530. The van der Waals surface area contributed by atoms with Crippen molar-refractivity contribution in [3.63, 3.8) is 0 Å². The van der Waals surface area contributed by atoms with Crippen LogP contribution in [0, 0.1) is 6.92 Å². The highest BCUT2D eigenvalue weighted by molar-refractivity contribution is 7.22. The zero-order chi connectivity index (χ0) is 22.2. The predicted octanol–water partition coefficient (Wildman–Crippen LogP) is 6.21. The van der Waals surface area contributed by atoms with E-state index in [1.165, 1.54) is 17.4 Å². The van der Waals surface area contributed by atoms with Crippen LogP contribution in [0.1, 0.15) is 21.7 Å². The van der Waals surface area contributed by atoms with Crippen molar-refractivity contribution >= 4 is 55.2 Å². The van der Waals surface area contributed by atoms with Crippen molar-refractivity contribution in [2.24, 2.45) is 0 Å². The molecule has 0 aliphatic carbocycles. The summed E-state index contributed by atoms with van der Waals surface area (Å²) in [5.41, 5.74) is 2.65. The van der Waals surface area contributed by atoms with Crippen LogP contribution in [-0.4, -0.2) is 10.9 Å². The van der Waals surface area contributed by atoms with Gasteiger partial charge in [-0.1, -0.05) is 65.4 Å². The Morgan fingerprint density at radius 1 is 1.06 bits per heavy atom. The molecule has 0 bridgehead atoms. The summed E-state index contributed by atoms with van der Waals surface area (Å²) >= 11 is 7.67. The summed E-state index contributed by atoms with van der Waals surface area (Å²) < 4.78 is 6.75. The quantitative estimate of drug-likeness (QED) is 0.320. The number of rotatable bonds is 4. The Hall–Kier alpha value is -3.48. The van der Waals surface area contributed by atoms with Gasteiger partial charge in [-0.15, -0.1) is 0 Å². The molecule has 1 amide bonds. The molecule has 7 heteroatoms. The number of benzene rings is 3. The summed E-state index contributed by atoms with van der Waals surface area (Å²) in [5.74, 6) is -0.460. The van der Waals surface area contributed by atoms with Crippen molar-refractivity contribution < 1.29 is 9.21 Å². The number of hydrogen-bond donors (Lipinski definition) is 0. The van der Waals surface area contributed by atoms with E-state index in [9.17, 15) is 9.59 Å². The number of thiazole rings is 1. The first-order valence-corrected chi connectivity index (χ1v) is 11.1. The number of halogens is 1. The summed E-state index contributed by atoms with van der Waals surface area (Å²) in [4.78, 5) is 32.5. The average molecular weight is 461 g/mol. The van der Waals surface area contributed by atoms with Crippen LogP contribution < -0.4 is 10.3 Å². The standard InChI is InChI=1S/C25H17ClN2O3S/c1-15-18(26)11-12-22-23(15)27-25(32-22)28(14-16-7-3-2-4-8-16)24(30)21-13-19(29)17-9-5-6-10-20(17)31-21/h2-13H,14H2,1H3. The number of aryl methyl sites for hydroxylation is 1. The minimum Gasteiger partial charge on any atom is -0.451 e.